The molecule has 1 aromatic heterocycles. The Morgan fingerprint density at radius 2 is 1.56 bits per heavy atom. The SMILES string of the molecule is COc1cccc(C(C(=O)Nc2ccc(OC)cc2OC)N(Cc2cccnc2)C(=O)Cc2ccccc2)c1. The molecule has 39 heavy (non-hydrogen) atoms. The number of anilines is 1. The van der Waals surface area contributed by atoms with Gasteiger partial charge in [0.1, 0.15) is 23.3 Å². The molecule has 4 rings (SSSR count). The van der Waals surface area contributed by atoms with Gasteiger partial charge in [-0.3, -0.25) is 14.6 Å². The molecule has 0 aliphatic rings. The average Bonchev–Trinajstić information content (AvgIpc) is 2.98. The Morgan fingerprint density at radius 3 is 2.26 bits per heavy atom. The minimum atomic E-state index is -0.983. The van der Waals surface area contributed by atoms with Crippen LogP contribution >= 0.6 is 0 Å². The Hall–Kier alpha value is -4.85. The summed E-state index contributed by atoms with van der Waals surface area (Å²) in [5.74, 6) is 0.975. The topological polar surface area (TPSA) is 90.0 Å². The Balaban J connectivity index is 1.77. The molecule has 1 N–H and O–H groups in total. The zero-order valence-electron chi connectivity index (χ0n) is 22.2. The lowest BCUT2D eigenvalue weighted by Gasteiger charge is -2.32. The number of nitrogens with zero attached hydrogens (tertiary/aromatic N) is 2. The monoisotopic (exact) mass is 525 g/mol. The third-order valence-corrected chi connectivity index (χ3v) is 6.23. The fourth-order valence-corrected chi connectivity index (χ4v) is 4.27. The first kappa shape index (κ1) is 27.2. The highest BCUT2D eigenvalue weighted by Crippen LogP contribution is 2.32. The van der Waals surface area contributed by atoms with Crippen molar-refractivity contribution >= 4 is 17.5 Å². The first-order chi connectivity index (χ1) is 19.0. The second kappa shape index (κ2) is 13.1. The molecule has 0 fully saturated rings. The van der Waals surface area contributed by atoms with Gasteiger partial charge in [0.05, 0.1) is 33.4 Å². The van der Waals surface area contributed by atoms with Gasteiger partial charge in [-0.2, -0.15) is 0 Å². The van der Waals surface area contributed by atoms with Crippen LogP contribution in [0.5, 0.6) is 17.2 Å². The molecule has 0 saturated carbocycles. The summed E-state index contributed by atoms with van der Waals surface area (Å²) in [6, 6.07) is 24.4. The summed E-state index contributed by atoms with van der Waals surface area (Å²) < 4.78 is 16.2. The summed E-state index contributed by atoms with van der Waals surface area (Å²) in [4.78, 5) is 33.8. The number of benzene rings is 3. The molecule has 0 aliphatic heterocycles. The fourth-order valence-electron chi connectivity index (χ4n) is 4.27. The van der Waals surface area contributed by atoms with E-state index in [1.54, 1.807) is 74.0 Å². The maximum Gasteiger partial charge on any atom is 0.251 e. The van der Waals surface area contributed by atoms with Crippen LogP contribution in [0.25, 0.3) is 0 Å². The Bertz CT molecular complexity index is 1400. The number of hydrogen-bond acceptors (Lipinski definition) is 6. The predicted octanol–water partition coefficient (Wildman–Crippen LogP) is 5.06. The number of amides is 2. The first-order valence-corrected chi connectivity index (χ1v) is 12.4. The molecule has 0 radical (unpaired) electrons. The van der Waals surface area contributed by atoms with Crippen LogP contribution in [0.15, 0.2) is 97.3 Å². The standard InChI is InChI=1S/C31H31N3O5/c1-37-25-13-7-12-24(18-25)30(31(36)33-27-15-14-26(38-2)19-28(27)39-3)34(21-23-11-8-16-32-20-23)29(35)17-22-9-5-4-6-10-22/h4-16,18-20,30H,17,21H2,1-3H3,(H,33,36). The Kier molecular flexibility index (Phi) is 9.13. The van der Waals surface area contributed by atoms with Gasteiger partial charge < -0.3 is 24.4 Å². The second-order valence-electron chi connectivity index (χ2n) is 8.78. The van der Waals surface area contributed by atoms with Crippen LogP contribution in [0, 0.1) is 0 Å². The van der Waals surface area contributed by atoms with Crippen molar-refractivity contribution in [2.24, 2.45) is 0 Å². The van der Waals surface area contributed by atoms with Gasteiger partial charge in [0.25, 0.3) is 5.91 Å². The molecule has 8 nitrogen and oxygen atoms in total. The van der Waals surface area contributed by atoms with Crippen LogP contribution in [0.4, 0.5) is 5.69 Å². The van der Waals surface area contributed by atoms with Crippen molar-refractivity contribution < 1.29 is 23.8 Å². The molecule has 1 heterocycles. The van der Waals surface area contributed by atoms with Crippen molar-refractivity contribution in [3.05, 3.63) is 114 Å². The number of hydrogen-bond donors (Lipinski definition) is 1. The van der Waals surface area contributed by atoms with E-state index in [2.05, 4.69) is 10.3 Å². The van der Waals surface area contributed by atoms with Crippen molar-refractivity contribution in [3.8, 4) is 17.2 Å². The van der Waals surface area contributed by atoms with Crippen molar-refractivity contribution in [2.45, 2.75) is 19.0 Å². The number of carbonyl (C=O) groups is 2. The fraction of sp³-hybridized carbons (Fsp3) is 0.194. The largest absolute Gasteiger partial charge is 0.497 e. The summed E-state index contributed by atoms with van der Waals surface area (Å²) in [5.41, 5.74) is 2.69. The van der Waals surface area contributed by atoms with Crippen LogP contribution < -0.4 is 19.5 Å². The molecule has 200 valence electrons. The molecule has 1 unspecified atom stereocenters. The molecular weight excluding hydrogens is 494 g/mol. The third-order valence-electron chi connectivity index (χ3n) is 6.23. The van der Waals surface area contributed by atoms with E-state index < -0.39 is 11.9 Å². The van der Waals surface area contributed by atoms with Gasteiger partial charge in [0.15, 0.2) is 0 Å². The molecule has 0 aliphatic carbocycles. The molecule has 1 atom stereocenters. The molecule has 0 spiro atoms. The summed E-state index contributed by atoms with van der Waals surface area (Å²) in [6.45, 7) is 0.175. The third kappa shape index (κ3) is 6.93. The number of nitrogens with one attached hydrogen (secondary N) is 1. The highest BCUT2D eigenvalue weighted by atomic mass is 16.5. The van der Waals surface area contributed by atoms with E-state index in [9.17, 15) is 9.59 Å². The highest BCUT2D eigenvalue weighted by molar-refractivity contribution is 5.99. The highest BCUT2D eigenvalue weighted by Gasteiger charge is 2.32. The molecule has 3 aromatic carbocycles. The number of ether oxygens (including phenoxy) is 3. The number of aromatic nitrogens is 1. The molecular formula is C31H31N3O5. The van der Waals surface area contributed by atoms with Crippen LogP contribution in [-0.2, 0) is 22.6 Å². The minimum absolute atomic E-state index is 0.126. The van der Waals surface area contributed by atoms with Crippen molar-refractivity contribution in [1.29, 1.82) is 0 Å². The predicted molar refractivity (Wildman–Crippen MR) is 149 cm³/mol. The number of pyridine rings is 1. The van der Waals surface area contributed by atoms with E-state index >= 15 is 0 Å². The zero-order valence-corrected chi connectivity index (χ0v) is 22.2. The number of methoxy groups -OCH3 is 3. The minimum Gasteiger partial charge on any atom is -0.497 e. The van der Waals surface area contributed by atoms with E-state index in [0.717, 1.165) is 11.1 Å². The van der Waals surface area contributed by atoms with E-state index in [1.807, 2.05) is 42.5 Å². The van der Waals surface area contributed by atoms with Gasteiger partial charge in [0.2, 0.25) is 5.91 Å². The van der Waals surface area contributed by atoms with Gasteiger partial charge in [-0.1, -0.05) is 48.5 Å². The zero-order chi connectivity index (χ0) is 27.6. The van der Waals surface area contributed by atoms with Crippen molar-refractivity contribution in [3.63, 3.8) is 0 Å². The lowest BCUT2D eigenvalue weighted by atomic mass is 10.0. The quantitative estimate of drug-likeness (QED) is 0.295. The van der Waals surface area contributed by atoms with Crippen LogP contribution in [-0.4, -0.2) is 43.0 Å². The maximum absolute atomic E-state index is 14.1. The maximum atomic E-state index is 14.1. The molecule has 8 heteroatoms. The van der Waals surface area contributed by atoms with Crippen LogP contribution in [0.2, 0.25) is 0 Å². The van der Waals surface area contributed by atoms with E-state index in [1.165, 1.54) is 7.11 Å². The molecule has 4 aromatic rings. The number of carbonyl (C=O) groups excluding carboxylic acids is 2. The molecule has 2 amide bonds. The molecule has 0 saturated heterocycles. The van der Waals surface area contributed by atoms with Crippen molar-refractivity contribution in [2.75, 3.05) is 26.6 Å². The summed E-state index contributed by atoms with van der Waals surface area (Å²) in [5, 5.41) is 2.96. The second-order valence-corrected chi connectivity index (χ2v) is 8.78. The van der Waals surface area contributed by atoms with Gasteiger partial charge in [0, 0.05) is 25.0 Å². The molecule has 0 bridgehead atoms. The van der Waals surface area contributed by atoms with E-state index in [0.29, 0.717) is 28.5 Å². The summed E-state index contributed by atoms with van der Waals surface area (Å²) in [7, 11) is 4.63. The van der Waals surface area contributed by atoms with Gasteiger partial charge in [-0.25, -0.2) is 0 Å². The lowest BCUT2D eigenvalue weighted by molar-refractivity contribution is -0.139. The Labute approximate surface area is 228 Å². The van der Waals surface area contributed by atoms with Gasteiger partial charge >= 0.3 is 0 Å². The van der Waals surface area contributed by atoms with Crippen molar-refractivity contribution in [1.82, 2.24) is 9.88 Å². The summed E-state index contributed by atoms with van der Waals surface area (Å²) in [6.07, 6.45) is 3.48. The van der Waals surface area contributed by atoms with Gasteiger partial charge in [-0.05, 0) is 47.0 Å². The van der Waals surface area contributed by atoms with E-state index in [4.69, 9.17) is 14.2 Å². The van der Waals surface area contributed by atoms with E-state index in [-0.39, 0.29) is 18.9 Å². The summed E-state index contributed by atoms with van der Waals surface area (Å²) >= 11 is 0. The normalized spacial score (nSPS) is 11.3. The van der Waals surface area contributed by atoms with Crippen LogP contribution in [0.1, 0.15) is 22.7 Å². The lowest BCUT2D eigenvalue weighted by Crippen LogP contribution is -2.41. The van der Waals surface area contributed by atoms with Gasteiger partial charge in [-0.15, -0.1) is 0 Å². The number of rotatable bonds is 11. The average molecular weight is 526 g/mol. The first-order valence-electron chi connectivity index (χ1n) is 12.4. The Morgan fingerprint density at radius 1 is 0.821 bits per heavy atom. The smallest absolute Gasteiger partial charge is 0.251 e. The van der Waals surface area contributed by atoms with Crippen LogP contribution in [0.3, 0.4) is 0 Å².